The molecule has 0 amide bonds. The van der Waals surface area contributed by atoms with Gasteiger partial charge in [0.05, 0.1) is 22.1 Å². The summed E-state index contributed by atoms with van der Waals surface area (Å²) in [5, 5.41) is 18.9. The van der Waals surface area contributed by atoms with Gasteiger partial charge in [0.15, 0.2) is 5.76 Å². The highest BCUT2D eigenvalue weighted by Gasteiger charge is 2.20. The fourth-order valence-electron chi connectivity index (χ4n) is 1.74. The number of nitrogens with zero attached hydrogens (tertiary/aromatic N) is 4. The van der Waals surface area contributed by atoms with Gasteiger partial charge in [-0.1, -0.05) is 0 Å². The van der Waals surface area contributed by atoms with Crippen LogP contribution in [0.1, 0.15) is 0 Å². The van der Waals surface area contributed by atoms with Crippen molar-refractivity contribution in [2.24, 2.45) is 0 Å². The molecule has 10 heteroatoms. The number of rotatable bonds is 4. The highest BCUT2D eigenvalue weighted by Crippen LogP contribution is 2.34. The van der Waals surface area contributed by atoms with E-state index < -0.39 is 10.7 Å². The molecule has 0 saturated heterocycles. The van der Waals surface area contributed by atoms with Gasteiger partial charge >= 0.3 is 0 Å². The van der Waals surface area contributed by atoms with E-state index in [4.69, 9.17) is 10.3 Å². The number of benzene rings is 1. The number of nitrogens with two attached hydrogens (primary N) is 1. The fourth-order valence-corrected chi connectivity index (χ4v) is 2.58. The summed E-state index contributed by atoms with van der Waals surface area (Å²) in [6, 6.07) is 6.58. The Labute approximate surface area is 126 Å². The number of aromatic nitrogens is 3. The fraction of sp³-hybridized carbons (Fsp3) is 0. The van der Waals surface area contributed by atoms with Gasteiger partial charge in [0.2, 0.25) is 11.0 Å². The van der Waals surface area contributed by atoms with E-state index in [1.807, 2.05) is 0 Å². The second kappa shape index (κ2) is 5.48. The molecule has 0 saturated carbocycles. The molecule has 2 N–H and O–H groups in total. The first-order valence-corrected chi connectivity index (χ1v) is 6.74. The Morgan fingerprint density at radius 3 is 2.86 bits per heavy atom. The number of nitrogen functional groups attached to an aromatic ring is 1. The summed E-state index contributed by atoms with van der Waals surface area (Å²) >= 11 is 0.910. The maximum Gasteiger partial charge on any atom is 0.286 e. The van der Waals surface area contributed by atoms with E-state index in [9.17, 15) is 14.5 Å². The number of nitro groups is 1. The van der Waals surface area contributed by atoms with Crippen molar-refractivity contribution < 1.29 is 13.7 Å². The molecule has 3 aromatic rings. The molecule has 8 nitrogen and oxygen atoms in total. The molecule has 0 unspecified atom stereocenters. The van der Waals surface area contributed by atoms with Crippen LogP contribution in [-0.2, 0) is 0 Å². The lowest BCUT2D eigenvalue weighted by molar-refractivity contribution is -0.387. The van der Waals surface area contributed by atoms with Crippen molar-refractivity contribution in [1.82, 2.24) is 14.9 Å². The van der Waals surface area contributed by atoms with Crippen LogP contribution in [0.3, 0.4) is 0 Å². The SMILES string of the molecule is Nn1c(Sc2ccc(F)cc2[N+](=O)[O-])nnc1-c1ccco1. The Morgan fingerprint density at radius 2 is 2.18 bits per heavy atom. The third-order valence-electron chi connectivity index (χ3n) is 2.73. The van der Waals surface area contributed by atoms with Gasteiger partial charge in [-0.25, -0.2) is 9.07 Å². The molecule has 1 aromatic carbocycles. The summed E-state index contributed by atoms with van der Waals surface area (Å²) in [6.07, 6.45) is 1.46. The van der Waals surface area contributed by atoms with Gasteiger partial charge < -0.3 is 10.3 Å². The number of nitro benzene ring substituents is 1. The Morgan fingerprint density at radius 1 is 1.36 bits per heavy atom. The highest BCUT2D eigenvalue weighted by molar-refractivity contribution is 7.99. The summed E-state index contributed by atoms with van der Waals surface area (Å²) in [5.41, 5.74) is -0.368. The zero-order valence-electron chi connectivity index (χ0n) is 10.8. The van der Waals surface area contributed by atoms with Gasteiger partial charge in [0.25, 0.3) is 5.69 Å². The Balaban J connectivity index is 1.96. The smallest absolute Gasteiger partial charge is 0.286 e. The van der Waals surface area contributed by atoms with E-state index >= 15 is 0 Å². The first-order chi connectivity index (χ1) is 10.6. The van der Waals surface area contributed by atoms with E-state index in [1.54, 1.807) is 12.1 Å². The lowest BCUT2D eigenvalue weighted by atomic mass is 10.3. The molecule has 0 radical (unpaired) electrons. The summed E-state index contributed by atoms with van der Waals surface area (Å²) in [4.78, 5) is 10.5. The van der Waals surface area contributed by atoms with E-state index in [2.05, 4.69) is 10.2 Å². The number of hydrogen-bond acceptors (Lipinski definition) is 7. The minimum atomic E-state index is -0.693. The van der Waals surface area contributed by atoms with Crippen LogP contribution < -0.4 is 5.84 Å². The standard InChI is InChI=1S/C12H8FN5O3S/c13-7-3-4-10(8(6-7)18(19)20)22-12-16-15-11(17(12)14)9-2-1-5-21-9/h1-6H,14H2. The third-order valence-corrected chi connectivity index (χ3v) is 3.75. The molecule has 2 aromatic heterocycles. The Bertz CT molecular complexity index is 833. The average Bonchev–Trinajstić information content (AvgIpc) is 3.11. The number of halogens is 1. The van der Waals surface area contributed by atoms with Crippen LogP contribution >= 0.6 is 11.8 Å². The van der Waals surface area contributed by atoms with Crippen molar-refractivity contribution in [3.63, 3.8) is 0 Å². The van der Waals surface area contributed by atoms with E-state index in [1.165, 1.54) is 12.3 Å². The van der Waals surface area contributed by atoms with Crippen molar-refractivity contribution in [2.45, 2.75) is 10.1 Å². The van der Waals surface area contributed by atoms with Crippen LogP contribution in [0.15, 0.2) is 51.1 Å². The van der Waals surface area contributed by atoms with Crippen LogP contribution in [0.2, 0.25) is 0 Å². The number of hydrogen-bond donors (Lipinski definition) is 1. The Kier molecular flexibility index (Phi) is 3.51. The molecule has 3 rings (SSSR count). The molecule has 0 aliphatic heterocycles. The molecule has 0 aliphatic rings. The van der Waals surface area contributed by atoms with E-state index in [0.29, 0.717) is 5.76 Å². The zero-order valence-corrected chi connectivity index (χ0v) is 11.7. The van der Waals surface area contributed by atoms with Crippen molar-refractivity contribution in [3.05, 3.63) is 52.5 Å². The largest absolute Gasteiger partial charge is 0.461 e. The van der Waals surface area contributed by atoms with Crippen LogP contribution in [0.5, 0.6) is 0 Å². The summed E-state index contributed by atoms with van der Waals surface area (Å²) in [5.74, 6) is 5.86. The van der Waals surface area contributed by atoms with Gasteiger partial charge in [-0.15, -0.1) is 10.2 Å². The minimum absolute atomic E-state index is 0.205. The van der Waals surface area contributed by atoms with Gasteiger partial charge in [-0.2, -0.15) is 0 Å². The topological polar surface area (TPSA) is 113 Å². The summed E-state index contributed by atoms with van der Waals surface area (Å²) in [6.45, 7) is 0. The second-order valence-corrected chi connectivity index (χ2v) is 5.13. The van der Waals surface area contributed by atoms with Gasteiger partial charge in [0.1, 0.15) is 5.82 Å². The highest BCUT2D eigenvalue weighted by atomic mass is 32.2. The van der Waals surface area contributed by atoms with Crippen molar-refractivity contribution >= 4 is 17.4 Å². The molecule has 0 fully saturated rings. The molecule has 0 aliphatic carbocycles. The minimum Gasteiger partial charge on any atom is -0.461 e. The maximum atomic E-state index is 13.1. The number of furan rings is 1. The second-order valence-electron chi connectivity index (χ2n) is 4.12. The molecule has 0 atom stereocenters. The molecule has 0 bridgehead atoms. The summed E-state index contributed by atoms with van der Waals surface area (Å²) < 4.78 is 19.5. The van der Waals surface area contributed by atoms with Crippen molar-refractivity contribution in [2.75, 3.05) is 5.84 Å². The van der Waals surface area contributed by atoms with Crippen molar-refractivity contribution in [1.29, 1.82) is 0 Å². The molecular formula is C12H8FN5O3S. The zero-order chi connectivity index (χ0) is 15.7. The Hall–Kier alpha value is -2.88. The van der Waals surface area contributed by atoms with Crippen molar-refractivity contribution in [3.8, 4) is 11.6 Å². The monoisotopic (exact) mass is 321 g/mol. The lowest BCUT2D eigenvalue weighted by Gasteiger charge is -2.03. The first-order valence-electron chi connectivity index (χ1n) is 5.92. The van der Waals surface area contributed by atoms with Crippen LogP contribution in [0.4, 0.5) is 10.1 Å². The molecule has 2 heterocycles. The average molecular weight is 321 g/mol. The van der Waals surface area contributed by atoms with Gasteiger partial charge in [0, 0.05) is 0 Å². The predicted octanol–water partition coefficient (Wildman–Crippen LogP) is 2.45. The van der Waals surface area contributed by atoms with Gasteiger partial charge in [-0.3, -0.25) is 10.1 Å². The summed E-state index contributed by atoms with van der Waals surface area (Å²) in [7, 11) is 0. The molecule has 112 valence electrons. The third kappa shape index (κ3) is 2.51. The quantitative estimate of drug-likeness (QED) is 0.446. The molecule has 0 spiro atoms. The normalized spacial score (nSPS) is 10.8. The van der Waals surface area contributed by atoms with Gasteiger partial charge in [-0.05, 0) is 36.0 Å². The first kappa shape index (κ1) is 14.1. The molecular weight excluding hydrogens is 313 g/mol. The molecule has 22 heavy (non-hydrogen) atoms. The van der Waals surface area contributed by atoms with Crippen LogP contribution in [0, 0.1) is 15.9 Å². The van der Waals surface area contributed by atoms with E-state index in [-0.39, 0.29) is 21.6 Å². The predicted molar refractivity (Wildman–Crippen MR) is 75.1 cm³/mol. The maximum absolute atomic E-state index is 13.1. The van der Waals surface area contributed by atoms with Crippen LogP contribution in [-0.4, -0.2) is 19.8 Å². The van der Waals surface area contributed by atoms with Crippen LogP contribution in [0.25, 0.3) is 11.6 Å². The van der Waals surface area contributed by atoms with E-state index in [0.717, 1.165) is 28.6 Å². The lowest BCUT2D eigenvalue weighted by Crippen LogP contribution is -2.11.